The molecule has 112 valence electrons. The van der Waals surface area contributed by atoms with Crippen molar-refractivity contribution in [3.05, 3.63) is 16.4 Å². The number of aliphatic hydroxyl groups is 2. The second-order valence-electron chi connectivity index (χ2n) is 4.61. The van der Waals surface area contributed by atoms with Gasteiger partial charge in [0.1, 0.15) is 11.9 Å². The molecule has 0 aliphatic rings. The van der Waals surface area contributed by atoms with Gasteiger partial charge in [-0.3, -0.25) is 10.1 Å². The van der Waals surface area contributed by atoms with E-state index in [1.165, 1.54) is 13.3 Å². The summed E-state index contributed by atoms with van der Waals surface area (Å²) < 4.78 is 0. The topological polar surface area (TPSA) is 133 Å². The minimum absolute atomic E-state index is 0.00247. The minimum Gasteiger partial charge on any atom is -0.393 e. The van der Waals surface area contributed by atoms with Crippen LogP contribution >= 0.6 is 0 Å². The van der Waals surface area contributed by atoms with Crippen LogP contribution in [0.1, 0.15) is 20.3 Å². The highest BCUT2D eigenvalue weighted by molar-refractivity contribution is 5.69. The zero-order chi connectivity index (χ0) is 15.2. The maximum Gasteiger partial charge on any atom is 0.353 e. The van der Waals surface area contributed by atoms with Crippen LogP contribution in [0.3, 0.4) is 0 Å². The van der Waals surface area contributed by atoms with Gasteiger partial charge in [0, 0.05) is 13.1 Å². The Hall–Kier alpha value is -2.00. The van der Waals surface area contributed by atoms with E-state index in [2.05, 4.69) is 20.6 Å². The van der Waals surface area contributed by atoms with Crippen LogP contribution in [-0.4, -0.2) is 50.4 Å². The summed E-state index contributed by atoms with van der Waals surface area (Å²) in [5.41, 5.74) is -1.68. The van der Waals surface area contributed by atoms with E-state index in [1.54, 1.807) is 0 Å². The maximum absolute atomic E-state index is 11.1. The van der Waals surface area contributed by atoms with Gasteiger partial charge in [-0.05, 0) is 13.3 Å². The molecule has 0 saturated heterocycles. The number of nitrogens with zero attached hydrogens (tertiary/aromatic N) is 3. The molecule has 9 heteroatoms. The van der Waals surface area contributed by atoms with E-state index in [1.807, 2.05) is 6.92 Å². The quantitative estimate of drug-likeness (QED) is 0.397. The van der Waals surface area contributed by atoms with Gasteiger partial charge in [-0.1, -0.05) is 6.92 Å². The Bertz CT molecular complexity index is 466. The fourth-order valence-electron chi connectivity index (χ4n) is 1.38. The summed E-state index contributed by atoms with van der Waals surface area (Å²) in [5, 5.41) is 35.3. The summed E-state index contributed by atoms with van der Waals surface area (Å²) in [5.74, 6) is 0.121. The lowest BCUT2D eigenvalue weighted by atomic mass is 10.1. The zero-order valence-corrected chi connectivity index (χ0v) is 11.5. The number of nitrogens with one attached hydrogen (secondary N) is 2. The number of rotatable bonds is 8. The van der Waals surface area contributed by atoms with E-state index in [-0.39, 0.29) is 23.9 Å². The second-order valence-corrected chi connectivity index (χ2v) is 4.61. The molecule has 0 radical (unpaired) electrons. The van der Waals surface area contributed by atoms with E-state index in [9.17, 15) is 15.2 Å². The molecule has 0 amide bonds. The van der Waals surface area contributed by atoms with E-state index in [0.717, 1.165) is 6.42 Å². The van der Waals surface area contributed by atoms with Gasteiger partial charge in [-0.2, -0.15) is 0 Å². The standard InChI is InChI=1S/C11H19N5O4/c1-3-4-12-9-8(16(19)20)10(15-7-14-9)13-5-11(2,18)6-17/h7,17-18H,3-6H2,1-2H3,(H2,12,13,14,15). The molecule has 1 atom stereocenters. The normalized spacial score (nSPS) is 13.6. The summed E-state index contributed by atoms with van der Waals surface area (Å²) in [6.45, 7) is 3.33. The summed E-state index contributed by atoms with van der Waals surface area (Å²) in [6.07, 6.45) is 1.99. The van der Waals surface area contributed by atoms with E-state index in [0.29, 0.717) is 6.54 Å². The summed E-state index contributed by atoms with van der Waals surface area (Å²) >= 11 is 0. The van der Waals surface area contributed by atoms with E-state index >= 15 is 0 Å². The molecular weight excluding hydrogens is 266 g/mol. The van der Waals surface area contributed by atoms with Crippen molar-refractivity contribution in [2.75, 3.05) is 30.3 Å². The molecule has 0 aromatic carbocycles. The molecule has 1 rings (SSSR count). The van der Waals surface area contributed by atoms with Gasteiger partial charge in [-0.25, -0.2) is 9.97 Å². The average Bonchev–Trinajstić information content (AvgIpc) is 2.42. The summed E-state index contributed by atoms with van der Waals surface area (Å²) in [6, 6.07) is 0. The Labute approximate surface area is 116 Å². The third-order valence-electron chi connectivity index (χ3n) is 2.52. The highest BCUT2D eigenvalue weighted by Gasteiger charge is 2.25. The minimum atomic E-state index is -1.39. The third kappa shape index (κ3) is 4.28. The molecule has 1 aromatic rings. The Kier molecular flexibility index (Phi) is 5.59. The molecule has 1 aromatic heterocycles. The lowest BCUT2D eigenvalue weighted by Gasteiger charge is -2.20. The van der Waals surface area contributed by atoms with Crippen molar-refractivity contribution in [1.29, 1.82) is 0 Å². The molecule has 0 fully saturated rings. The average molecular weight is 285 g/mol. The molecule has 0 saturated carbocycles. The predicted octanol–water partition coefficient (Wildman–Crippen LogP) is 0.362. The largest absolute Gasteiger partial charge is 0.393 e. The second kappa shape index (κ2) is 6.96. The first-order chi connectivity index (χ1) is 9.41. The van der Waals surface area contributed by atoms with Crippen LogP contribution in [-0.2, 0) is 0 Å². The zero-order valence-electron chi connectivity index (χ0n) is 11.5. The van der Waals surface area contributed by atoms with Crippen LogP contribution in [0.2, 0.25) is 0 Å². The Balaban J connectivity index is 2.97. The van der Waals surface area contributed by atoms with Crippen molar-refractivity contribution in [2.45, 2.75) is 25.9 Å². The highest BCUT2D eigenvalue weighted by atomic mass is 16.6. The maximum atomic E-state index is 11.1. The number of hydrogen-bond donors (Lipinski definition) is 4. The highest BCUT2D eigenvalue weighted by Crippen LogP contribution is 2.28. The van der Waals surface area contributed by atoms with Crippen LogP contribution in [0.25, 0.3) is 0 Å². The van der Waals surface area contributed by atoms with Gasteiger partial charge in [0.15, 0.2) is 0 Å². The van der Waals surface area contributed by atoms with Gasteiger partial charge >= 0.3 is 5.69 Å². The van der Waals surface area contributed by atoms with Gasteiger partial charge in [0.25, 0.3) is 0 Å². The predicted molar refractivity (Wildman–Crippen MR) is 73.7 cm³/mol. The molecule has 9 nitrogen and oxygen atoms in total. The molecular formula is C11H19N5O4. The Morgan fingerprint density at radius 3 is 2.50 bits per heavy atom. The monoisotopic (exact) mass is 285 g/mol. The van der Waals surface area contributed by atoms with Crippen molar-refractivity contribution in [1.82, 2.24) is 9.97 Å². The van der Waals surface area contributed by atoms with E-state index in [4.69, 9.17) is 5.11 Å². The molecule has 0 spiro atoms. The number of anilines is 2. The van der Waals surface area contributed by atoms with Gasteiger partial charge in [0.05, 0.1) is 11.5 Å². The van der Waals surface area contributed by atoms with Crippen molar-refractivity contribution in [3.63, 3.8) is 0 Å². The van der Waals surface area contributed by atoms with Gasteiger partial charge in [-0.15, -0.1) is 0 Å². The lowest BCUT2D eigenvalue weighted by Crippen LogP contribution is -2.37. The van der Waals surface area contributed by atoms with Gasteiger partial charge < -0.3 is 20.8 Å². The Morgan fingerprint density at radius 1 is 1.40 bits per heavy atom. The van der Waals surface area contributed by atoms with Crippen molar-refractivity contribution in [2.24, 2.45) is 0 Å². The van der Waals surface area contributed by atoms with Crippen LogP contribution in [0, 0.1) is 10.1 Å². The molecule has 0 aliphatic carbocycles. The molecule has 0 aliphatic heterocycles. The number of aromatic nitrogens is 2. The molecule has 1 unspecified atom stereocenters. The first-order valence-corrected chi connectivity index (χ1v) is 6.21. The van der Waals surface area contributed by atoms with Crippen LogP contribution in [0.5, 0.6) is 0 Å². The van der Waals surface area contributed by atoms with E-state index < -0.39 is 17.1 Å². The smallest absolute Gasteiger partial charge is 0.353 e. The van der Waals surface area contributed by atoms with Crippen LogP contribution in [0.4, 0.5) is 17.3 Å². The molecule has 20 heavy (non-hydrogen) atoms. The fourth-order valence-corrected chi connectivity index (χ4v) is 1.38. The summed E-state index contributed by atoms with van der Waals surface area (Å²) in [4.78, 5) is 18.2. The number of hydrogen-bond acceptors (Lipinski definition) is 8. The number of nitro groups is 1. The molecule has 1 heterocycles. The van der Waals surface area contributed by atoms with Crippen LogP contribution in [0.15, 0.2) is 6.33 Å². The van der Waals surface area contributed by atoms with Gasteiger partial charge in [0.2, 0.25) is 11.6 Å². The first kappa shape index (κ1) is 16.1. The fraction of sp³-hybridized carbons (Fsp3) is 0.636. The number of aliphatic hydroxyl groups excluding tert-OH is 1. The SMILES string of the molecule is CCCNc1ncnc(NCC(C)(O)CO)c1[N+](=O)[O-]. The third-order valence-corrected chi connectivity index (χ3v) is 2.52. The lowest BCUT2D eigenvalue weighted by molar-refractivity contribution is -0.383. The van der Waals surface area contributed by atoms with Crippen molar-refractivity contribution < 1.29 is 15.1 Å². The molecule has 0 bridgehead atoms. The molecule has 4 N–H and O–H groups in total. The van der Waals surface area contributed by atoms with Crippen LogP contribution < -0.4 is 10.6 Å². The first-order valence-electron chi connectivity index (χ1n) is 6.21. The van der Waals surface area contributed by atoms with Crippen molar-refractivity contribution >= 4 is 17.3 Å². The van der Waals surface area contributed by atoms with Crippen molar-refractivity contribution in [3.8, 4) is 0 Å². The summed E-state index contributed by atoms with van der Waals surface area (Å²) in [7, 11) is 0. The Morgan fingerprint density at radius 2 is 2.00 bits per heavy atom.